The maximum Gasteiger partial charge on any atom is 0.240 e. The van der Waals surface area contributed by atoms with E-state index in [9.17, 15) is 22.0 Å². The molecule has 0 aliphatic carbocycles. The van der Waals surface area contributed by atoms with Crippen LogP contribution in [0.1, 0.15) is 24.0 Å². The molecule has 0 atom stereocenters. The Morgan fingerprint density at radius 3 is 2.38 bits per heavy atom. The second-order valence-corrected chi connectivity index (χ2v) is 7.69. The summed E-state index contributed by atoms with van der Waals surface area (Å²) in [7, 11) is -3.64. The summed E-state index contributed by atoms with van der Waals surface area (Å²) in [4.78, 5) is 12.0. The van der Waals surface area contributed by atoms with Crippen LogP contribution in [0.25, 0.3) is 0 Å². The van der Waals surface area contributed by atoms with Gasteiger partial charge in [0.1, 0.15) is 0 Å². The molecule has 0 saturated carbocycles. The molecule has 26 heavy (non-hydrogen) atoms. The third kappa shape index (κ3) is 5.34. The lowest BCUT2D eigenvalue weighted by atomic mass is 10.1. The molecular weight excluding hydrogens is 362 g/mol. The molecule has 0 spiro atoms. The number of benzene rings is 2. The Kier molecular flexibility index (Phi) is 6.44. The van der Waals surface area contributed by atoms with Gasteiger partial charge < -0.3 is 5.32 Å². The number of hydrogen-bond donors (Lipinski definition) is 2. The lowest BCUT2D eigenvalue weighted by Gasteiger charge is -2.09. The van der Waals surface area contributed by atoms with Gasteiger partial charge in [-0.2, -0.15) is 0 Å². The van der Waals surface area contributed by atoms with Gasteiger partial charge in [-0.1, -0.05) is 6.07 Å². The van der Waals surface area contributed by atoms with Crippen LogP contribution in [-0.4, -0.2) is 20.9 Å². The topological polar surface area (TPSA) is 75.3 Å². The van der Waals surface area contributed by atoms with Gasteiger partial charge in [0.15, 0.2) is 11.6 Å². The SMILES string of the molecule is Cc1ccc(S(=O)(=O)NCCCC(=O)Nc2ccc(F)c(F)c2)cc1C. The average molecular weight is 382 g/mol. The van der Waals surface area contributed by atoms with Crippen molar-refractivity contribution in [2.75, 3.05) is 11.9 Å². The summed E-state index contributed by atoms with van der Waals surface area (Å²) < 4.78 is 52.8. The molecule has 0 heterocycles. The highest BCUT2D eigenvalue weighted by molar-refractivity contribution is 7.89. The smallest absolute Gasteiger partial charge is 0.240 e. The highest BCUT2D eigenvalue weighted by Crippen LogP contribution is 2.15. The minimum absolute atomic E-state index is 0.0362. The van der Waals surface area contributed by atoms with Crippen molar-refractivity contribution in [2.24, 2.45) is 0 Å². The molecule has 0 aromatic heterocycles. The Bertz CT molecular complexity index is 915. The van der Waals surface area contributed by atoms with E-state index in [1.165, 1.54) is 12.1 Å². The highest BCUT2D eigenvalue weighted by atomic mass is 32.2. The number of carbonyl (C=O) groups excluding carboxylic acids is 1. The molecule has 2 N–H and O–H groups in total. The van der Waals surface area contributed by atoms with Crippen molar-refractivity contribution in [3.8, 4) is 0 Å². The number of halogens is 2. The van der Waals surface area contributed by atoms with Crippen LogP contribution in [0.15, 0.2) is 41.3 Å². The Labute approximate surface area is 151 Å². The van der Waals surface area contributed by atoms with E-state index < -0.39 is 27.6 Å². The second kappa shape index (κ2) is 8.37. The summed E-state index contributed by atoms with van der Waals surface area (Å²) in [5.74, 6) is -2.46. The fraction of sp³-hybridized carbons (Fsp3) is 0.278. The number of aryl methyl sites for hydroxylation is 2. The number of nitrogens with one attached hydrogen (secondary N) is 2. The summed E-state index contributed by atoms with van der Waals surface area (Å²) >= 11 is 0. The van der Waals surface area contributed by atoms with Gasteiger partial charge >= 0.3 is 0 Å². The van der Waals surface area contributed by atoms with E-state index in [0.29, 0.717) is 0 Å². The summed E-state index contributed by atoms with van der Waals surface area (Å²) in [5.41, 5.74) is 2.02. The molecule has 0 aliphatic rings. The van der Waals surface area contributed by atoms with Crippen molar-refractivity contribution in [3.05, 3.63) is 59.2 Å². The zero-order valence-electron chi connectivity index (χ0n) is 14.5. The third-order valence-electron chi connectivity index (χ3n) is 3.86. The Balaban J connectivity index is 1.82. The molecule has 0 aliphatic heterocycles. The molecule has 5 nitrogen and oxygen atoms in total. The minimum Gasteiger partial charge on any atom is -0.326 e. The van der Waals surface area contributed by atoms with Gasteiger partial charge in [0.05, 0.1) is 4.90 Å². The second-order valence-electron chi connectivity index (χ2n) is 5.92. The maximum absolute atomic E-state index is 13.1. The standard InChI is InChI=1S/C18H20F2N2O3S/c1-12-5-7-15(10-13(12)2)26(24,25)21-9-3-4-18(23)22-14-6-8-16(19)17(20)11-14/h5-8,10-11,21H,3-4,9H2,1-2H3,(H,22,23). The Morgan fingerprint density at radius 1 is 1.00 bits per heavy atom. The van der Waals surface area contributed by atoms with Crippen molar-refractivity contribution < 1.29 is 22.0 Å². The molecule has 0 bridgehead atoms. The molecule has 2 aromatic carbocycles. The Hall–Kier alpha value is -2.32. The van der Waals surface area contributed by atoms with Crippen molar-refractivity contribution in [2.45, 2.75) is 31.6 Å². The fourth-order valence-corrected chi connectivity index (χ4v) is 3.38. The van der Waals surface area contributed by atoms with E-state index in [2.05, 4.69) is 10.0 Å². The van der Waals surface area contributed by atoms with Crippen LogP contribution in [-0.2, 0) is 14.8 Å². The predicted octanol–water partition coefficient (Wildman–Crippen LogP) is 3.28. The molecule has 8 heteroatoms. The van der Waals surface area contributed by atoms with Gasteiger partial charge in [-0.25, -0.2) is 21.9 Å². The third-order valence-corrected chi connectivity index (χ3v) is 5.32. The number of carbonyl (C=O) groups is 1. The van der Waals surface area contributed by atoms with Crippen LogP contribution in [0.3, 0.4) is 0 Å². The lowest BCUT2D eigenvalue weighted by molar-refractivity contribution is -0.116. The first-order valence-electron chi connectivity index (χ1n) is 8.01. The largest absolute Gasteiger partial charge is 0.326 e. The normalized spacial score (nSPS) is 11.4. The van der Waals surface area contributed by atoms with E-state index in [0.717, 1.165) is 23.3 Å². The van der Waals surface area contributed by atoms with Crippen molar-refractivity contribution in [1.82, 2.24) is 4.72 Å². The van der Waals surface area contributed by atoms with Crippen molar-refractivity contribution >= 4 is 21.6 Å². The van der Waals surface area contributed by atoms with Crippen molar-refractivity contribution in [3.63, 3.8) is 0 Å². The molecular formula is C18H20F2N2O3S. The van der Waals surface area contributed by atoms with Crippen LogP contribution in [0.2, 0.25) is 0 Å². The number of hydrogen-bond acceptors (Lipinski definition) is 3. The van der Waals surface area contributed by atoms with Crippen LogP contribution < -0.4 is 10.0 Å². The lowest BCUT2D eigenvalue weighted by Crippen LogP contribution is -2.26. The van der Waals surface area contributed by atoms with Crippen LogP contribution in [0.5, 0.6) is 0 Å². The molecule has 0 radical (unpaired) electrons. The number of sulfonamides is 1. The highest BCUT2D eigenvalue weighted by Gasteiger charge is 2.14. The first-order valence-corrected chi connectivity index (χ1v) is 9.49. The number of anilines is 1. The quantitative estimate of drug-likeness (QED) is 0.722. The van der Waals surface area contributed by atoms with Crippen LogP contribution in [0.4, 0.5) is 14.5 Å². The summed E-state index contributed by atoms with van der Waals surface area (Å²) in [5, 5.41) is 2.43. The number of amides is 1. The van der Waals surface area contributed by atoms with Crippen LogP contribution in [0, 0.1) is 25.5 Å². The van der Waals surface area contributed by atoms with Gasteiger partial charge in [-0.05, 0) is 55.7 Å². The number of rotatable bonds is 7. The molecule has 140 valence electrons. The molecule has 0 unspecified atom stereocenters. The van der Waals surface area contributed by atoms with Crippen molar-refractivity contribution in [1.29, 1.82) is 0 Å². The monoisotopic (exact) mass is 382 g/mol. The first kappa shape index (κ1) is 20.0. The zero-order valence-corrected chi connectivity index (χ0v) is 15.3. The fourth-order valence-electron chi connectivity index (χ4n) is 2.22. The molecule has 2 rings (SSSR count). The van der Waals surface area contributed by atoms with Gasteiger partial charge in [0, 0.05) is 24.7 Å². The summed E-state index contributed by atoms with van der Waals surface area (Å²) in [6, 6.07) is 7.91. The summed E-state index contributed by atoms with van der Waals surface area (Å²) in [6.45, 7) is 3.81. The van der Waals surface area contributed by atoms with E-state index in [1.807, 2.05) is 13.8 Å². The maximum atomic E-state index is 13.1. The van der Waals surface area contributed by atoms with Crippen LogP contribution >= 0.6 is 0 Å². The van der Waals surface area contributed by atoms with Gasteiger partial charge in [-0.3, -0.25) is 4.79 Å². The molecule has 0 saturated heterocycles. The molecule has 2 aromatic rings. The van der Waals surface area contributed by atoms with E-state index >= 15 is 0 Å². The molecule has 0 fully saturated rings. The predicted molar refractivity (Wildman–Crippen MR) is 95.3 cm³/mol. The van der Waals surface area contributed by atoms with Gasteiger partial charge in [-0.15, -0.1) is 0 Å². The first-order chi connectivity index (χ1) is 12.2. The van der Waals surface area contributed by atoms with Gasteiger partial charge in [0.25, 0.3) is 0 Å². The average Bonchev–Trinajstić information content (AvgIpc) is 2.57. The van der Waals surface area contributed by atoms with Gasteiger partial charge in [0.2, 0.25) is 15.9 Å². The minimum atomic E-state index is -3.64. The van der Waals surface area contributed by atoms with E-state index in [1.54, 1.807) is 12.1 Å². The van der Waals surface area contributed by atoms with E-state index in [-0.39, 0.29) is 30.0 Å². The molecule has 1 amide bonds. The summed E-state index contributed by atoms with van der Waals surface area (Å²) in [6.07, 6.45) is 0.300. The Morgan fingerprint density at radius 2 is 1.73 bits per heavy atom. The zero-order chi connectivity index (χ0) is 19.3. The van der Waals surface area contributed by atoms with E-state index in [4.69, 9.17) is 0 Å².